The number of ether oxygens (including phenoxy) is 1. The number of hydrogen-bond donors (Lipinski definition) is 1. The standard InChI is InChI=1S/C14H27N3O3/c1-11(15-13(19)20-14(2,3)4)12(18)17-8-6-7-16(5)9-10-17/h11H,6-10H2,1-5H3,(H,15,19)/t11-/m0/s1. The summed E-state index contributed by atoms with van der Waals surface area (Å²) in [6.07, 6.45) is 0.409. The van der Waals surface area contributed by atoms with Gasteiger partial charge in [-0.15, -0.1) is 0 Å². The molecule has 116 valence electrons. The first-order valence-electron chi connectivity index (χ1n) is 7.16. The predicted molar refractivity (Wildman–Crippen MR) is 77.5 cm³/mol. The van der Waals surface area contributed by atoms with E-state index in [0.717, 1.165) is 26.1 Å². The summed E-state index contributed by atoms with van der Waals surface area (Å²) in [6, 6.07) is -0.562. The lowest BCUT2D eigenvalue weighted by Gasteiger charge is -2.26. The average Bonchev–Trinajstić information content (AvgIpc) is 2.50. The molecule has 1 aliphatic heterocycles. The Kier molecular flexibility index (Phi) is 5.80. The van der Waals surface area contributed by atoms with Crippen LogP contribution in [0.1, 0.15) is 34.1 Å². The SMILES string of the molecule is C[C@H](NC(=O)OC(C)(C)C)C(=O)N1CCCN(C)CC1. The molecule has 1 atom stereocenters. The number of amides is 2. The molecule has 20 heavy (non-hydrogen) atoms. The van der Waals surface area contributed by atoms with Crippen LogP contribution in [0.5, 0.6) is 0 Å². The Bertz CT molecular complexity index is 352. The lowest BCUT2D eigenvalue weighted by atomic mass is 10.2. The Hall–Kier alpha value is -1.30. The third-order valence-corrected chi connectivity index (χ3v) is 3.13. The van der Waals surface area contributed by atoms with E-state index >= 15 is 0 Å². The van der Waals surface area contributed by atoms with Gasteiger partial charge in [0.2, 0.25) is 5.91 Å². The first kappa shape index (κ1) is 16.8. The topological polar surface area (TPSA) is 61.9 Å². The van der Waals surface area contributed by atoms with Gasteiger partial charge in [-0.2, -0.15) is 0 Å². The zero-order valence-electron chi connectivity index (χ0n) is 13.2. The van der Waals surface area contributed by atoms with Gasteiger partial charge in [-0.25, -0.2) is 4.79 Å². The summed E-state index contributed by atoms with van der Waals surface area (Å²) >= 11 is 0. The molecule has 1 saturated heterocycles. The van der Waals surface area contributed by atoms with Gasteiger partial charge in [0.25, 0.3) is 0 Å². The van der Waals surface area contributed by atoms with Crippen molar-refractivity contribution in [3.8, 4) is 0 Å². The largest absolute Gasteiger partial charge is 0.444 e. The van der Waals surface area contributed by atoms with Gasteiger partial charge in [0.15, 0.2) is 0 Å². The van der Waals surface area contributed by atoms with E-state index in [-0.39, 0.29) is 5.91 Å². The molecule has 6 nitrogen and oxygen atoms in total. The van der Waals surface area contributed by atoms with Gasteiger partial charge in [-0.3, -0.25) is 4.79 Å². The second-order valence-corrected chi connectivity index (χ2v) is 6.35. The maximum absolute atomic E-state index is 12.3. The quantitative estimate of drug-likeness (QED) is 0.824. The highest BCUT2D eigenvalue weighted by Crippen LogP contribution is 2.08. The minimum absolute atomic E-state index is 0.0499. The molecule has 1 heterocycles. The number of carbonyl (C=O) groups excluding carboxylic acids is 2. The fraction of sp³-hybridized carbons (Fsp3) is 0.857. The molecule has 0 aromatic carbocycles. The molecule has 1 aliphatic rings. The van der Waals surface area contributed by atoms with Crippen LogP contribution >= 0.6 is 0 Å². The van der Waals surface area contributed by atoms with Crippen LogP contribution < -0.4 is 5.32 Å². The lowest BCUT2D eigenvalue weighted by Crippen LogP contribution is -2.49. The molecule has 0 aromatic heterocycles. The Balaban J connectivity index is 2.47. The maximum Gasteiger partial charge on any atom is 0.408 e. The van der Waals surface area contributed by atoms with Crippen LogP contribution in [0.15, 0.2) is 0 Å². The molecule has 1 N–H and O–H groups in total. The van der Waals surface area contributed by atoms with E-state index in [1.165, 1.54) is 0 Å². The molecular formula is C14H27N3O3. The highest BCUT2D eigenvalue weighted by Gasteiger charge is 2.25. The zero-order chi connectivity index (χ0) is 15.3. The van der Waals surface area contributed by atoms with Gasteiger partial charge >= 0.3 is 6.09 Å². The highest BCUT2D eigenvalue weighted by molar-refractivity contribution is 5.85. The zero-order valence-corrected chi connectivity index (χ0v) is 13.2. The van der Waals surface area contributed by atoms with Crippen molar-refractivity contribution in [1.29, 1.82) is 0 Å². The molecule has 0 spiro atoms. The van der Waals surface area contributed by atoms with Gasteiger partial charge in [-0.05, 0) is 47.7 Å². The van der Waals surface area contributed by atoms with Crippen LogP contribution in [0, 0.1) is 0 Å². The Morgan fingerprint density at radius 3 is 2.40 bits per heavy atom. The van der Waals surface area contributed by atoms with Crippen LogP contribution in [0.3, 0.4) is 0 Å². The summed E-state index contributed by atoms with van der Waals surface area (Å²) in [5.41, 5.74) is -0.557. The van der Waals surface area contributed by atoms with Gasteiger partial charge in [-0.1, -0.05) is 0 Å². The molecule has 0 bridgehead atoms. The van der Waals surface area contributed by atoms with Crippen LogP contribution in [-0.4, -0.2) is 66.7 Å². The summed E-state index contributed by atoms with van der Waals surface area (Å²) < 4.78 is 5.16. The van der Waals surface area contributed by atoms with E-state index in [9.17, 15) is 9.59 Å². The fourth-order valence-corrected chi connectivity index (χ4v) is 2.09. The number of carbonyl (C=O) groups is 2. The van der Waals surface area contributed by atoms with E-state index in [1.807, 2.05) is 4.90 Å². The lowest BCUT2D eigenvalue weighted by molar-refractivity contribution is -0.132. The van der Waals surface area contributed by atoms with Gasteiger partial charge < -0.3 is 19.9 Å². The molecular weight excluding hydrogens is 258 g/mol. The smallest absolute Gasteiger partial charge is 0.408 e. The van der Waals surface area contributed by atoms with Gasteiger partial charge in [0.05, 0.1) is 0 Å². The minimum atomic E-state index is -0.562. The predicted octanol–water partition coefficient (Wildman–Crippen LogP) is 1.06. The first-order chi connectivity index (χ1) is 9.19. The van der Waals surface area contributed by atoms with Crippen LogP contribution in [-0.2, 0) is 9.53 Å². The molecule has 1 fully saturated rings. The van der Waals surface area contributed by atoms with Crippen molar-refractivity contribution in [2.24, 2.45) is 0 Å². The molecule has 0 unspecified atom stereocenters. The molecule has 0 aromatic rings. The summed E-state index contributed by atoms with van der Waals surface area (Å²) in [5.74, 6) is -0.0499. The van der Waals surface area contributed by atoms with E-state index in [1.54, 1.807) is 27.7 Å². The van der Waals surface area contributed by atoms with Crippen LogP contribution in [0.2, 0.25) is 0 Å². The Labute approximate surface area is 121 Å². The fourth-order valence-electron chi connectivity index (χ4n) is 2.09. The molecule has 2 amide bonds. The van der Waals surface area contributed by atoms with Crippen molar-refractivity contribution in [2.45, 2.75) is 45.8 Å². The van der Waals surface area contributed by atoms with Crippen molar-refractivity contribution in [3.63, 3.8) is 0 Å². The molecule has 0 radical (unpaired) electrons. The van der Waals surface area contributed by atoms with E-state index in [2.05, 4.69) is 17.3 Å². The van der Waals surface area contributed by atoms with Gasteiger partial charge in [0, 0.05) is 19.6 Å². The summed E-state index contributed by atoms with van der Waals surface area (Å²) in [6.45, 7) is 10.4. The number of likely N-dealkylation sites (N-methyl/N-ethyl adjacent to an activating group) is 1. The van der Waals surface area contributed by atoms with Gasteiger partial charge in [0.1, 0.15) is 11.6 Å². The first-order valence-corrected chi connectivity index (χ1v) is 7.16. The average molecular weight is 285 g/mol. The molecule has 1 rings (SSSR count). The van der Waals surface area contributed by atoms with E-state index in [0.29, 0.717) is 6.54 Å². The monoisotopic (exact) mass is 285 g/mol. The third kappa shape index (κ3) is 5.77. The normalized spacial score (nSPS) is 19.1. The summed E-state index contributed by atoms with van der Waals surface area (Å²) in [4.78, 5) is 28.0. The van der Waals surface area contributed by atoms with Crippen molar-refractivity contribution < 1.29 is 14.3 Å². The molecule has 0 saturated carbocycles. The van der Waals surface area contributed by atoms with E-state index < -0.39 is 17.7 Å². The van der Waals surface area contributed by atoms with Crippen LogP contribution in [0.25, 0.3) is 0 Å². The van der Waals surface area contributed by atoms with Crippen LogP contribution in [0.4, 0.5) is 4.79 Å². The molecule has 0 aliphatic carbocycles. The third-order valence-electron chi connectivity index (χ3n) is 3.13. The number of rotatable bonds is 2. The van der Waals surface area contributed by atoms with Crippen molar-refractivity contribution in [3.05, 3.63) is 0 Å². The van der Waals surface area contributed by atoms with Crippen molar-refractivity contribution >= 4 is 12.0 Å². The van der Waals surface area contributed by atoms with E-state index in [4.69, 9.17) is 4.74 Å². The summed E-state index contributed by atoms with van der Waals surface area (Å²) in [7, 11) is 2.05. The Morgan fingerprint density at radius 1 is 1.15 bits per heavy atom. The number of nitrogens with zero attached hydrogens (tertiary/aromatic N) is 2. The second-order valence-electron chi connectivity index (χ2n) is 6.35. The highest BCUT2D eigenvalue weighted by atomic mass is 16.6. The molecule has 6 heteroatoms. The number of hydrogen-bond acceptors (Lipinski definition) is 4. The maximum atomic E-state index is 12.3. The number of nitrogens with one attached hydrogen (secondary N) is 1. The van der Waals surface area contributed by atoms with Crippen molar-refractivity contribution in [1.82, 2.24) is 15.1 Å². The second kappa shape index (κ2) is 6.92. The number of alkyl carbamates (subject to hydrolysis) is 1. The minimum Gasteiger partial charge on any atom is -0.444 e. The Morgan fingerprint density at radius 2 is 1.80 bits per heavy atom. The summed E-state index contributed by atoms with van der Waals surface area (Å²) in [5, 5.41) is 2.60. The van der Waals surface area contributed by atoms with Crippen molar-refractivity contribution in [2.75, 3.05) is 33.2 Å².